The Kier molecular flexibility index (Phi) is 5.02. The molecule has 1 aliphatic rings. The van der Waals surface area contributed by atoms with Gasteiger partial charge in [-0.25, -0.2) is 4.98 Å². The zero-order chi connectivity index (χ0) is 20.5. The molecule has 0 amide bonds. The van der Waals surface area contributed by atoms with Gasteiger partial charge in [-0.05, 0) is 30.8 Å². The maximum atomic E-state index is 12.8. The summed E-state index contributed by atoms with van der Waals surface area (Å²) in [6.45, 7) is 4.57. The number of H-pyrrole nitrogens is 1. The molecule has 1 aliphatic heterocycles. The fraction of sp³-hybridized carbons (Fsp3) is 0.273. The highest BCUT2D eigenvalue weighted by molar-refractivity contribution is 7.17. The Hall–Kier alpha value is -3.10. The Balaban J connectivity index is 1.34. The highest BCUT2D eigenvalue weighted by Crippen LogP contribution is 2.32. The number of rotatable bonds is 6. The third-order valence-corrected chi connectivity index (χ3v) is 6.00. The summed E-state index contributed by atoms with van der Waals surface area (Å²) in [6.07, 6.45) is 1.52. The second-order valence-electron chi connectivity index (χ2n) is 7.14. The number of benzene rings is 1. The van der Waals surface area contributed by atoms with Gasteiger partial charge in [0.25, 0.3) is 5.56 Å². The van der Waals surface area contributed by atoms with E-state index in [1.54, 1.807) is 6.26 Å². The van der Waals surface area contributed by atoms with Gasteiger partial charge in [0, 0.05) is 17.5 Å². The predicted octanol–water partition coefficient (Wildman–Crippen LogP) is 3.91. The molecule has 1 atom stereocenters. The van der Waals surface area contributed by atoms with Gasteiger partial charge in [0.05, 0.1) is 18.2 Å². The molecule has 7 nitrogen and oxygen atoms in total. The van der Waals surface area contributed by atoms with Gasteiger partial charge in [0.1, 0.15) is 29.1 Å². The minimum absolute atomic E-state index is 0.0809. The van der Waals surface area contributed by atoms with Crippen molar-refractivity contribution < 1.29 is 13.9 Å². The van der Waals surface area contributed by atoms with Crippen molar-refractivity contribution >= 4 is 21.6 Å². The van der Waals surface area contributed by atoms with E-state index < -0.39 is 0 Å². The van der Waals surface area contributed by atoms with Gasteiger partial charge in [0.15, 0.2) is 11.5 Å². The second-order valence-corrected chi connectivity index (χ2v) is 8.00. The van der Waals surface area contributed by atoms with E-state index in [0.29, 0.717) is 41.5 Å². The molecule has 0 saturated carbocycles. The van der Waals surface area contributed by atoms with Gasteiger partial charge in [-0.2, -0.15) is 0 Å². The van der Waals surface area contributed by atoms with Gasteiger partial charge in [0.2, 0.25) is 0 Å². The number of ether oxygens (including phenoxy) is 2. The quantitative estimate of drug-likeness (QED) is 0.507. The van der Waals surface area contributed by atoms with Crippen LogP contribution in [0.15, 0.2) is 57.3 Å². The summed E-state index contributed by atoms with van der Waals surface area (Å²) in [5.41, 5.74) is 0.629. The molecule has 5 rings (SSSR count). The standard InChI is InChI=1S/C22H21N3O4S/c1-2-25(10-14-12-28-17-6-3-4-7-18(17)29-14)11-19-23-21(26)20-15(13-30-22(20)24-19)16-8-5-9-27-16/h3-9,13-14H,2,10-12H2,1H3,(H,23,24,26)/t14-/m0/s1. The van der Waals surface area contributed by atoms with E-state index >= 15 is 0 Å². The van der Waals surface area contributed by atoms with Crippen LogP contribution in [0.25, 0.3) is 21.5 Å². The number of para-hydroxylation sites is 2. The van der Waals surface area contributed by atoms with E-state index in [4.69, 9.17) is 18.9 Å². The van der Waals surface area contributed by atoms with Gasteiger partial charge >= 0.3 is 0 Å². The average Bonchev–Trinajstić information content (AvgIpc) is 3.43. The first-order chi connectivity index (χ1) is 14.7. The van der Waals surface area contributed by atoms with Gasteiger partial charge < -0.3 is 18.9 Å². The van der Waals surface area contributed by atoms with Crippen LogP contribution < -0.4 is 15.0 Å². The Bertz CT molecular complexity index is 1210. The van der Waals surface area contributed by atoms with Crippen LogP contribution in [0.2, 0.25) is 0 Å². The fourth-order valence-electron chi connectivity index (χ4n) is 3.64. The van der Waals surface area contributed by atoms with E-state index in [1.807, 2.05) is 41.8 Å². The summed E-state index contributed by atoms with van der Waals surface area (Å²) in [4.78, 5) is 23.3. The maximum Gasteiger partial charge on any atom is 0.260 e. The highest BCUT2D eigenvalue weighted by atomic mass is 32.1. The first kappa shape index (κ1) is 18.9. The summed E-state index contributed by atoms with van der Waals surface area (Å²) in [5, 5.41) is 2.49. The molecule has 0 radical (unpaired) electrons. The molecule has 0 aliphatic carbocycles. The van der Waals surface area contributed by atoms with Crippen molar-refractivity contribution in [2.45, 2.75) is 19.6 Å². The van der Waals surface area contributed by atoms with E-state index in [1.165, 1.54) is 11.3 Å². The molecular weight excluding hydrogens is 402 g/mol. The lowest BCUT2D eigenvalue weighted by Gasteiger charge is -2.30. The first-order valence-corrected chi connectivity index (χ1v) is 10.7. The number of nitrogens with zero attached hydrogens (tertiary/aromatic N) is 2. The number of aromatic nitrogens is 2. The van der Waals surface area contributed by atoms with Crippen LogP contribution in [0.1, 0.15) is 12.7 Å². The van der Waals surface area contributed by atoms with E-state index in [0.717, 1.165) is 23.6 Å². The van der Waals surface area contributed by atoms with E-state index in [9.17, 15) is 4.79 Å². The Labute approximate surface area is 176 Å². The molecule has 1 N–H and O–H groups in total. The van der Waals surface area contributed by atoms with Crippen LogP contribution in [-0.2, 0) is 6.54 Å². The van der Waals surface area contributed by atoms with E-state index in [-0.39, 0.29) is 11.7 Å². The molecule has 0 unspecified atom stereocenters. The number of nitrogens with one attached hydrogen (secondary N) is 1. The highest BCUT2D eigenvalue weighted by Gasteiger charge is 2.23. The molecule has 30 heavy (non-hydrogen) atoms. The minimum atomic E-state index is -0.148. The van der Waals surface area contributed by atoms with Crippen molar-refractivity contribution in [3.63, 3.8) is 0 Å². The van der Waals surface area contributed by atoms with E-state index in [2.05, 4.69) is 16.8 Å². The number of fused-ring (bicyclic) bond motifs is 2. The molecule has 0 bridgehead atoms. The Morgan fingerprint density at radius 2 is 2.10 bits per heavy atom. The zero-order valence-electron chi connectivity index (χ0n) is 16.5. The predicted molar refractivity (Wildman–Crippen MR) is 115 cm³/mol. The molecule has 4 heterocycles. The smallest absolute Gasteiger partial charge is 0.260 e. The Morgan fingerprint density at radius 1 is 1.23 bits per heavy atom. The van der Waals surface area contributed by atoms with Crippen molar-refractivity contribution in [2.75, 3.05) is 19.7 Å². The number of furan rings is 1. The first-order valence-electron chi connectivity index (χ1n) is 9.86. The lowest BCUT2D eigenvalue weighted by molar-refractivity contribution is 0.0573. The zero-order valence-corrected chi connectivity index (χ0v) is 17.3. The van der Waals surface area contributed by atoms with Gasteiger partial charge in [-0.1, -0.05) is 19.1 Å². The van der Waals surface area contributed by atoms with Gasteiger partial charge in [-0.3, -0.25) is 9.69 Å². The lowest BCUT2D eigenvalue weighted by atomic mass is 10.2. The molecule has 0 spiro atoms. The number of thiophene rings is 1. The van der Waals surface area contributed by atoms with Crippen LogP contribution in [0.3, 0.4) is 0 Å². The summed E-state index contributed by atoms with van der Waals surface area (Å²) >= 11 is 1.45. The van der Waals surface area contributed by atoms with Crippen molar-refractivity contribution in [1.82, 2.24) is 14.9 Å². The van der Waals surface area contributed by atoms with Crippen LogP contribution in [0.4, 0.5) is 0 Å². The van der Waals surface area contributed by atoms with Crippen LogP contribution in [0, 0.1) is 0 Å². The van der Waals surface area contributed by atoms with Crippen LogP contribution in [0.5, 0.6) is 11.5 Å². The molecule has 154 valence electrons. The van der Waals surface area contributed by atoms with Crippen LogP contribution in [-0.4, -0.2) is 40.7 Å². The second kappa shape index (κ2) is 7.97. The topological polar surface area (TPSA) is 80.6 Å². The van der Waals surface area contributed by atoms with Crippen molar-refractivity contribution in [3.05, 3.63) is 64.2 Å². The number of hydrogen-bond acceptors (Lipinski definition) is 7. The molecule has 4 aromatic rings. The Morgan fingerprint density at radius 3 is 2.90 bits per heavy atom. The van der Waals surface area contributed by atoms with Crippen LogP contribution >= 0.6 is 11.3 Å². The number of aromatic amines is 1. The van der Waals surface area contributed by atoms with Gasteiger partial charge in [-0.15, -0.1) is 11.3 Å². The molecule has 8 heteroatoms. The lowest BCUT2D eigenvalue weighted by Crippen LogP contribution is -2.41. The SMILES string of the molecule is CCN(Cc1nc2scc(-c3ccco3)c2c(=O)[nH]1)C[C@H]1COc2ccccc2O1. The summed E-state index contributed by atoms with van der Waals surface area (Å²) in [5.74, 6) is 2.85. The third-order valence-electron chi connectivity index (χ3n) is 5.13. The summed E-state index contributed by atoms with van der Waals surface area (Å²) < 4.78 is 17.3. The fourth-order valence-corrected chi connectivity index (χ4v) is 4.59. The number of likely N-dealkylation sites (N-methyl/N-ethyl adjacent to an activating group) is 1. The molecule has 0 fully saturated rings. The molecule has 3 aromatic heterocycles. The average molecular weight is 423 g/mol. The minimum Gasteiger partial charge on any atom is -0.486 e. The largest absolute Gasteiger partial charge is 0.486 e. The molecular formula is C22H21N3O4S. The maximum absolute atomic E-state index is 12.8. The van der Waals surface area contributed by atoms with Crippen molar-refractivity contribution in [1.29, 1.82) is 0 Å². The number of hydrogen-bond donors (Lipinski definition) is 1. The van der Waals surface area contributed by atoms with Crippen molar-refractivity contribution in [3.8, 4) is 22.8 Å². The monoisotopic (exact) mass is 423 g/mol. The normalized spacial score (nSPS) is 15.7. The summed E-state index contributed by atoms with van der Waals surface area (Å²) in [7, 11) is 0. The van der Waals surface area contributed by atoms with Crippen molar-refractivity contribution in [2.24, 2.45) is 0 Å². The molecule has 1 aromatic carbocycles. The molecule has 0 saturated heterocycles. The summed E-state index contributed by atoms with van der Waals surface area (Å²) in [6, 6.07) is 11.3. The third kappa shape index (κ3) is 3.59.